The van der Waals surface area contributed by atoms with Crippen LogP contribution in [0, 0.1) is 5.82 Å². The second-order valence-electron chi connectivity index (χ2n) is 5.44. The number of aryl methyl sites for hydroxylation is 1. The average Bonchev–Trinajstić information content (AvgIpc) is 2.58. The fourth-order valence-corrected chi connectivity index (χ4v) is 2.77. The Kier molecular flexibility index (Phi) is 4.46. The molecule has 128 valence electrons. The Balaban J connectivity index is 2.08. The van der Waals surface area contributed by atoms with Gasteiger partial charge in [-0.25, -0.2) is 4.39 Å². The Hall–Kier alpha value is -2.86. The summed E-state index contributed by atoms with van der Waals surface area (Å²) in [4.78, 5) is 25.2. The SMILES string of the molecule is COc1ccc(Cl)cc1NC(=O)c1cn(C)c2ccc(F)cc2c1=O. The van der Waals surface area contributed by atoms with Crippen molar-refractivity contribution >= 4 is 34.1 Å². The van der Waals surface area contributed by atoms with E-state index in [1.807, 2.05) is 0 Å². The normalized spacial score (nSPS) is 10.7. The van der Waals surface area contributed by atoms with Crippen LogP contribution in [0.5, 0.6) is 5.75 Å². The Morgan fingerprint density at radius 1 is 1.24 bits per heavy atom. The molecular weight excluding hydrogens is 347 g/mol. The number of aromatic nitrogens is 1. The maximum atomic E-state index is 13.5. The summed E-state index contributed by atoms with van der Waals surface area (Å²) < 4.78 is 20.3. The van der Waals surface area contributed by atoms with Crippen molar-refractivity contribution in [3.8, 4) is 5.75 Å². The van der Waals surface area contributed by atoms with E-state index in [9.17, 15) is 14.0 Å². The van der Waals surface area contributed by atoms with Crippen molar-refractivity contribution in [2.24, 2.45) is 7.05 Å². The molecule has 1 heterocycles. The number of hydrogen-bond acceptors (Lipinski definition) is 3. The molecule has 2 aromatic carbocycles. The molecule has 7 heteroatoms. The monoisotopic (exact) mass is 360 g/mol. The Morgan fingerprint density at radius 3 is 2.72 bits per heavy atom. The lowest BCUT2D eigenvalue weighted by atomic mass is 10.1. The van der Waals surface area contributed by atoms with E-state index < -0.39 is 17.2 Å². The minimum atomic E-state index is -0.632. The molecule has 0 fully saturated rings. The fourth-order valence-electron chi connectivity index (χ4n) is 2.59. The molecule has 0 saturated carbocycles. The third-order valence-corrected chi connectivity index (χ3v) is 4.04. The number of carbonyl (C=O) groups is 1. The number of halogens is 2. The van der Waals surface area contributed by atoms with E-state index in [-0.39, 0.29) is 10.9 Å². The zero-order valence-electron chi connectivity index (χ0n) is 13.5. The van der Waals surface area contributed by atoms with Gasteiger partial charge in [0.05, 0.1) is 18.3 Å². The highest BCUT2D eigenvalue weighted by Crippen LogP contribution is 2.28. The minimum absolute atomic E-state index is 0.109. The molecule has 0 unspecified atom stereocenters. The van der Waals surface area contributed by atoms with Crippen molar-refractivity contribution in [2.75, 3.05) is 12.4 Å². The van der Waals surface area contributed by atoms with Gasteiger partial charge in [-0.15, -0.1) is 0 Å². The molecule has 1 amide bonds. The molecule has 0 aliphatic heterocycles. The smallest absolute Gasteiger partial charge is 0.261 e. The lowest BCUT2D eigenvalue weighted by Crippen LogP contribution is -2.23. The second kappa shape index (κ2) is 6.57. The summed E-state index contributed by atoms with van der Waals surface area (Å²) in [6, 6.07) is 8.61. The van der Waals surface area contributed by atoms with E-state index in [4.69, 9.17) is 16.3 Å². The number of hydrogen-bond donors (Lipinski definition) is 1. The highest BCUT2D eigenvalue weighted by Gasteiger charge is 2.17. The van der Waals surface area contributed by atoms with Crippen molar-refractivity contribution in [3.05, 3.63) is 69.2 Å². The van der Waals surface area contributed by atoms with Crippen LogP contribution in [-0.2, 0) is 7.05 Å². The fraction of sp³-hybridized carbons (Fsp3) is 0.111. The summed E-state index contributed by atoms with van der Waals surface area (Å²) in [6.45, 7) is 0. The number of amides is 1. The molecular formula is C18H14ClFN2O3. The first-order chi connectivity index (χ1) is 11.9. The molecule has 3 aromatic rings. The van der Waals surface area contributed by atoms with E-state index in [0.29, 0.717) is 22.0 Å². The van der Waals surface area contributed by atoms with E-state index in [1.54, 1.807) is 23.7 Å². The predicted molar refractivity (Wildman–Crippen MR) is 95.1 cm³/mol. The van der Waals surface area contributed by atoms with Crippen LogP contribution in [0.25, 0.3) is 10.9 Å². The largest absolute Gasteiger partial charge is 0.495 e. The Labute approximate surface area is 147 Å². The molecule has 0 aliphatic carbocycles. The molecule has 5 nitrogen and oxygen atoms in total. The third-order valence-electron chi connectivity index (χ3n) is 3.80. The van der Waals surface area contributed by atoms with Gasteiger partial charge in [0, 0.05) is 23.7 Å². The first-order valence-electron chi connectivity index (χ1n) is 7.34. The maximum Gasteiger partial charge on any atom is 0.261 e. The highest BCUT2D eigenvalue weighted by molar-refractivity contribution is 6.31. The first-order valence-corrected chi connectivity index (χ1v) is 7.72. The second-order valence-corrected chi connectivity index (χ2v) is 5.88. The van der Waals surface area contributed by atoms with Gasteiger partial charge in [-0.2, -0.15) is 0 Å². The van der Waals surface area contributed by atoms with Crippen LogP contribution in [0.1, 0.15) is 10.4 Å². The molecule has 25 heavy (non-hydrogen) atoms. The zero-order valence-corrected chi connectivity index (χ0v) is 14.2. The van der Waals surface area contributed by atoms with Gasteiger partial charge < -0.3 is 14.6 Å². The number of ether oxygens (including phenoxy) is 1. The number of rotatable bonds is 3. The summed E-state index contributed by atoms with van der Waals surface area (Å²) in [5, 5.41) is 3.15. The van der Waals surface area contributed by atoms with Crippen molar-refractivity contribution in [1.29, 1.82) is 0 Å². The van der Waals surface area contributed by atoms with E-state index in [0.717, 1.165) is 6.07 Å². The van der Waals surface area contributed by atoms with Crippen LogP contribution in [0.4, 0.5) is 10.1 Å². The van der Waals surface area contributed by atoms with Gasteiger partial charge in [-0.05, 0) is 36.4 Å². The topological polar surface area (TPSA) is 60.3 Å². The van der Waals surface area contributed by atoms with E-state index in [1.165, 1.54) is 31.5 Å². The van der Waals surface area contributed by atoms with E-state index >= 15 is 0 Å². The Bertz CT molecular complexity index is 1050. The molecule has 0 saturated heterocycles. The van der Waals surface area contributed by atoms with E-state index in [2.05, 4.69) is 5.32 Å². The lowest BCUT2D eigenvalue weighted by Gasteiger charge is -2.12. The zero-order chi connectivity index (χ0) is 18.1. The third kappa shape index (κ3) is 3.21. The van der Waals surface area contributed by atoms with Crippen LogP contribution in [0.2, 0.25) is 5.02 Å². The van der Waals surface area contributed by atoms with Crippen LogP contribution >= 0.6 is 11.6 Å². The Morgan fingerprint density at radius 2 is 2.00 bits per heavy atom. The van der Waals surface area contributed by atoms with Gasteiger partial charge in [0.1, 0.15) is 17.1 Å². The minimum Gasteiger partial charge on any atom is -0.495 e. The first kappa shape index (κ1) is 17.0. The summed E-state index contributed by atoms with van der Waals surface area (Å²) in [7, 11) is 3.13. The van der Waals surface area contributed by atoms with Crippen molar-refractivity contribution in [2.45, 2.75) is 0 Å². The molecule has 0 spiro atoms. The van der Waals surface area contributed by atoms with Crippen molar-refractivity contribution < 1.29 is 13.9 Å². The van der Waals surface area contributed by atoms with Gasteiger partial charge in [0.2, 0.25) is 5.43 Å². The highest BCUT2D eigenvalue weighted by atomic mass is 35.5. The predicted octanol–water partition coefficient (Wildman–Crippen LogP) is 3.59. The molecule has 0 bridgehead atoms. The van der Waals surface area contributed by atoms with Crippen molar-refractivity contribution in [1.82, 2.24) is 4.57 Å². The summed E-state index contributed by atoms with van der Waals surface area (Å²) in [5.41, 5.74) is 0.207. The van der Waals surface area contributed by atoms with Gasteiger partial charge in [0.25, 0.3) is 5.91 Å². The number of fused-ring (bicyclic) bond motifs is 1. The maximum absolute atomic E-state index is 13.5. The molecule has 1 N–H and O–H groups in total. The number of methoxy groups -OCH3 is 1. The lowest BCUT2D eigenvalue weighted by molar-refractivity contribution is 0.102. The van der Waals surface area contributed by atoms with Crippen molar-refractivity contribution in [3.63, 3.8) is 0 Å². The number of anilines is 1. The van der Waals surface area contributed by atoms with Gasteiger partial charge >= 0.3 is 0 Å². The molecule has 1 aromatic heterocycles. The molecule has 0 atom stereocenters. The van der Waals surface area contributed by atoms with Crippen LogP contribution in [0.15, 0.2) is 47.4 Å². The number of benzene rings is 2. The quantitative estimate of drug-likeness (QED) is 0.776. The molecule has 3 rings (SSSR count). The number of carbonyl (C=O) groups excluding carboxylic acids is 1. The summed E-state index contributed by atoms with van der Waals surface area (Å²) >= 11 is 5.94. The number of nitrogens with one attached hydrogen (secondary N) is 1. The number of nitrogens with zero attached hydrogens (tertiary/aromatic N) is 1. The molecule has 0 radical (unpaired) electrons. The standard InChI is InChI=1S/C18H14ClFN2O3/c1-22-9-13(17(23)12-8-11(20)4-5-15(12)22)18(24)21-14-7-10(19)3-6-16(14)25-2/h3-9H,1-2H3,(H,21,24). The van der Waals surface area contributed by atoms with Crippen LogP contribution < -0.4 is 15.5 Å². The van der Waals surface area contributed by atoms with Crippen LogP contribution in [0.3, 0.4) is 0 Å². The number of pyridine rings is 1. The van der Waals surface area contributed by atoms with Gasteiger partial charge in [0.15, 0.2) is 0 Å². The van der Waals surface area contributed by atoms with Crippen LogP contribution in [-0.4, -0.2) is 17.6 Å². The summed E-state index contributed by atoms with van der Waals surface area (Å²) in [6.07, 6.45) is 1.41. The summed E-state index contributed by atoms with van der Waals surface area (Å²) in [5.74, 6) is -0.771. The average molecular weight is 361 g/mol. The molecule has 0 aliphatic rings. The van der Waals surface area contributed by atoms with Gasteiger partial charge in [-0.1, -0.05) is 11.6 Å². The van der Waals surface area contributed by atoms with Gasteiger partial charge in [-0.3, -0.25) is 9.59 Å².